The highest BCUT2D eigenvalue weighted by Crippen LogP contribution is 2.29. The van der Waals surface area contributed by atoms with Crippen LogP contribution in [-0.4, -0.2) is 55.0 Å². The standard InChI is InChI=1S/C17H24N6O4/c1-22-11-12(10-19-22)16-20-15(21-27-16)13-6-3-2-4-9-23(13)17(26)18-8-5-7-14(24)25/h10-11,13H,2-9H2,1H3,(H,18,26)(H,24,25). The van der Waals surface area contributed by atoms with Gasteiger partial charge in [-0.25, -0.2) is 4.79 Å². The summed E-state index contributed by atoms with van der Waals surface area (Å²) < 4.78 is 7.03. The van der Waals surface area contributed by atoms with Crippen LogP contribution < -0.4 is 5.32 Å². The maximum absolute atomic E-state index is 12.6. The van der Waals surface area contributed by atoms with Crippen LogP contribution in [0.3, 0.4) is 0 Å². The van der Waals surface area contributed by atoms with Gasteiger partial charge >= 0.3 is 12.0 Å². The lowest BCUT2D eigenvalue weighted by Gasteiger charge is -2.27. The summed E-state index contributed by atoms with van der Waals surface area (Å²) in [6, 6.07) is -0.485. The average Bonchev–Trinajstić information content (AvgIpc) is 3.21. The van der Waals surface area contributed by atoms with Gasteiger partial charge in [0.1, 0.15) is 0 Å². The van der Waals surface area contributed by atoms with Crippen LogP contribution in [-0.2, 0) is 11.8 Å². The lowest BCUT2D eigenvalue weighted by Crippen LogP contribution is -2.42. The molecule has 3 rings (SSSR count). The van der Waals surface area contributed by atoms with Crippen LogP contribution in [0.25, 0.3) is 11.5 Å². The molecule has 0 radical (unpaired) electrons. The topological polar surface area (TPSA) is 126 Å². The highest BCUT2D eigenvalue weighted by Gasteiger charge is 2.30. The molecule has 0 aromatic carbocycles. The first-order valence-electron chi connectivity index (χ1n) is 9.13. The fourth-order valence-electron chi connectivity index (χ4n) is 3.18. The number of aryl methyl sites for hydroxylation is 1. The van der Waals surface area contributed by atoms with Crippen molar-refractivity contribution in [2.45, 2.75) is 44.6 Å². The molecule has 2 aromatic heterocycles. The van der Waals surface area contributed by atoms with Crippen LogP contribution in [0, 0.1) is 0 Å². The third-order valence-corrected chi connectivity index (χ3v) is 4.55. The Morgan fingerprint density at radius 2 is 2.22 bits per heavy atom. The molecular formula is C17H24N6O4. The number of nitrogens with zero attached hydrogens (tertiary/aromatic N) is 5. The second-order valence-corrected chi connectivity index (χ2v) is 6.65. The molecular weight excluding hydrogens is 352 g/mol. The monoisotopic (exact) mass is 376 g/mol. The fraction of sp³-hybridized carbons (Fsp3) is 0.588. The number of carbonyl (C=O) groups is 2. The highest BCUT2D eigenvalue weighted by atomic mass is 16.5. The summed E-state index contributed by atoms with van der Waals surface area (Å²) in [5.41, 5.74) is 0.731. The predicted octanol–water partition coefficient (Wildman–Crippen LogP) is 1.96. The Morgan fingerprint density at radius 3 is 2.96 bits per heavy atom. The molecule has 10 heteroatoms. The van der Waals surface area contributed by atoms with E-state index in [4.69, 9.17) is 9.63 Å². The zero-order valence-electron chi connectivity index (χ0n) is 15.3. The molecule has 2 N–H and O–H groups in total. The number of nitrogens with one attached hydrogen (secondary N) is 1. The number of carbonyl (C=O) groups excluding carboxylic acids is 1. The van der Waals surface area contributed by atoms with Crippen molar-refractivity contribution in [3.8, 4) is 11.5 Å². The first-order chi connectivity index (χ1) is 13.0. The number of aliphatic carboxylic acids is 1. The first kappa shape index (κ1) is 18.9. The number of carboxylic acids is 1. The number of amides is 2. The van der Waals surface area contributed by atoms with Crippen molar-refractivity contribution >= 4 is 12.0 Å². The molecule has 1 unspecified atom stereocenters. The number of hydrogen-bond acceptors (Lipinski definition) is 6. The van der Waals surface area contributed by atoms with Crippen molar-refractivity contribution in [3.63, 3.8) is 0 Å². The van der Waals surface area contributed by atoms with Crippen LogP contribution in [0.1, 0.15) is 50.4 Å². The summed E-state index contributed by atoms with van der Waals surface area (Å²) in [7, 11) is 1.81. The number of urea groups is 1. The summed E-state index contributed by atoms with van der Waals surface area (Å²) in [4.78, 5) is 29.4. The van der Waals surface area contributed by atoms with E-state index in [9.17, 15) is 9.59 Å². The van der Waals surface area contributed by atoms with E-state index in [0.717, 1.165) is 31.2 Å². The summed E-state index contributed by atoms with van der Waals surface area (Å²) in [5, 5.41) is 19.7. The quantitative estimate of drug-likeness (QED) is 0.738. The van der Waals surface area contributed by atoms with E-state index in [1.807, 2.05) is 7.05 Å². The molecule has 10 nitrogen and oxygen atoms in total. The Bertz CT molecular complexity index is 786. The Labute approximate surface area is 156 Å². The van der Waals surface area contributed by atoms with E-state index in [1.165, 1.54) is 0 Å². The summed E-state index contributed by atoms with van der Waals surface area (Å²) >= 11 is 0. The van der Waals surface area contributed by atoms with Gasteiger partial charge in [-0.2, -0.15) is 10.1 Å². The maximum Gasteiger partial charge on any atom is 0.318 e. The minimum atomic E-state index is -0.869. The second-order valence-electron chi connectivity index (χ2n) is 6.65. The second kappa shape index (κ2) is 8.65. The number of carboxylic acid groups (broad SMARTS) is 1. The van der Waals surface area contributed by atoms with E-state index in [1.54, 1.807) is 22.0 Å². The Hall–Kier alpha value is -2.91. The van der Waals surface area contributed by atoms with Crippen LogP contribution in [0.4, 0.5) is 4.79 Å². The van der Waals surface area contributed by atoms with E-state index in [-0.39, 0.29) is 18.5 Å². The summed E-state index contributed by atoms with van der Waals surface area (Å²) in [5.74, 6) is -0.00720. The molecule has 0 saturated carbocycles. The van der Waals surface area contributed by atoms with Crippen LogP contribution in [0.2, 0.25) is 0 Å². The van der Waals surface area contributed by atoms with Crippen LogP contribution >= 0.6 is 0 Å². The van der Waals surface area contributed by atoms with E-state index >= 15 is 0 Å². The van der Waals surface area contributed by atoms with Crippen molar-refractivity contribution in [2.24, 2.45) is 7.05 Å². The molecule has 3 heterocycles. The first-order valence-corrected chi connectivity index (χ1v) is 9.13. The van der Waals surface area contributed by atoms with Gasteiger partial charge in [-0.1, -0.05) is 18.0 Å². The van der Waals surface area contributed by atoms with Crippen LogP contribution in [0.15, 0.2) is 16.9 Å². The van der Waals surface area contributed by atoms with Crippen LogP contribution in [0.5, 0.6) is 0 Å². The van der Waals surface area contributed by atoms with E-state index < -0.39 is 5.97 Å². The highest BCUT2D eigenvalue weighted by molar-refractivity contribution is 5.74. The maximum atomic E-state index is 12.6. The van der Waals surface area contributed by atoms with E-state index in [0.29, 0.717) is 31.2 Å². The average molecular weight is 376 g/mol. The molecule has 146 valence electrons. The predicted molar refractivity (Wildman–Crippen MR) is 94.7 cm³/mol. The van der Waals surface area contributed by atoms with Crippen molar-refractivity contribution in [2.75, 3.05) is 13.1 Å². The van der Waals surface area contributed by atoms with Crippen molar-refractivity contribution < 1.29 is 19.2 Å². The molecule has 1 fully saturated rings. The number of rotatable bonds is 6. The van der Waals surface area contributed by atoms with Gasteiger partial charge < -0.3 is 19.8 Å². The van der Waals surface area contributed by atoms with Gasteiger partial charge in [0.05, 0.1) is 17.8 Å². The van der Waals surface area contributed by atoms with Gasteiger partial charge in [-0.05, 0) is 19.3 Å². The molecule has 1 atom stereocenters. The van der Waals surface area contributed by atoms with Gasteiger partial charge in [-0.3, -0.25) is 9.48 Å². The van der Waals surface area contributed by atoms with Crippen molar-refractivity contribution in [1.29, 1.82) is 0 Å². The third-order valence-electron chi connectivity index (χ3n) is 4.55. The summed E-state index contributed by atoms with van der Waals surface area (Å²) in [6.45, 7) is 0.924. The molecule has 1 aliphatic rings. The van der Waals surface area contributed by atoms with Gasteiger partial charge in [0.2, 0.25) is 0 Å². The van der Waals surface area contributed by atoms with Crippen molar-refractivity contribution in [1.82, 2.24) is 30.1 Å². The third kappa shape index (κ3) is 4.83. The molecule has 2 amide bonds. The Kier molecular flexibility index (Phi) is 6.05. The molecule has 0 aliphatic carbocycles. The molecule has 1 aliphatic heterocycles. The fourth-order valence-corrected chi connectivity index (χ4v) is 3.18. The SMILES string of the molecule is Cn1cc(-c2nc(C3CCCCCN3C(=O)NCCCC(=O)O)no2)cn1. The normalized spacial score (nSPS) is 17.5. The van der Waals surface area contributed by atoms with Gasteiger partial charge in [0.25, 0.3) is 5.89 Å². The smallest absolute Gasteiger partial charge is 0.318 e. The molecule has 27 heavy (non-hydrogen) atoms. The van der Waals surface area contributed by atoms with Crippen molar-refractivity contribution in [3.05, 3.63) is 18.2 Å². The Balaban J connectivity index is 1.70. The molecule has 2 aromatic rings. The number of likely N-dealkylation sites (tertiary alicyclic amines) is 1. The zero-order chi connectivity index (χ0) is 19.2. The summed E-state index contributed by atoms with van der Waals surface area (Å²) in [6.07, 6.45) is 7.54. The number of hydrogen-bond donors (Lipinski definition) is 2. The zero-order valence-corrected chi connectivity index (χ0v) is 15.3. The van der Waals surface area contributed by atoms with Gasteiger partial charge in [0, 0.05) is 32.8 Å². The van der Waals surface area contributed by atoms with Gasteiger partial charge in [0.15, 0.2) is 5.82 Å². The molecule has 1 saturated heterocycles. The largest absolute Gasteiger partial charge is 0.481 e. The lowest BCUT2D eigenvalue weighted by molar-refractivity contribution is -0.137. The number of aromatic nitrogens is 4. The minimum absolute atomic E-state index is 0.0308. The minimum Gasteiger partial charge on any atom is -0.481 e. The molecule has 0 spiro atoms. The Morgan fingerprint density at radius 1 is 1.37 bits per heavy atom. The van der Waals surface area contributed by atoms with E-state index in [2.05, 4.69) is 20.6 Å². The lowest BCUT2D eigenvalue weighted by atomic mass is 10.1. The molecule has 0 bridgehead atoms. The van der Waals surface area contributed by atoms with Gasteiger partial charge in [-0.15, -0.1) is 0 Å².